The van der Waals surface area contributed by atoms with E-state index in [0.29, 0.717) is 6.10 Å². The van der Waals surface area contributed by atoms with Crippen molar-refractivity contribution in [2.75, 3.05) is 26.2 Å². The number of hydrogen-bond acceptors (Lipinski definition) is 2. The highest BCUT2D eigenvalue weighted by molar-refractivity contribution is 4.72. The minimum atomic E-state index is 0.550. The Morgan fingerprint density at radius 3 is 2.11 bits per heavy atom. The zero-order chi connectivity index (χ0) is 13.6. The molecule has 0 aliphatic carbocycles. The van der Waals surface area contributed by atoms with E-state index in [2.05, 4.69) is 18.7 Å². The Balaban J connectivity index is 0.00000137. The molecule has 2 heteroatoms. The quantitative estimate of drug-likeness (QED) is 0.594. The zero-order valence-electron chi connectivity index (χ0n) is 13.2. The minimum Gasteiger partial charge on any atom is -0.378 e. The number of nitrogens with zero attached hydrogens (tertiary/aromatic N) is 1. The second-order valence-corrected chi connectivity index (χ2v) is 4.97. The Morgan fingerprint density at radius 2 is 1.56 bits per heavy atom. The van der Waals surface area contributed by atoms with Crippen molar-refractivity contribution in [3.8, 4) is 0 Å². The molecule has 2 nitrogen and oxygen atoms in total. The third-order valence-electron chi connectivity index (χ3n) is 3.46. The SMILES string of the molecule is CC.CCCCCN1CCC(OCCCC)CC1. The first kappa shape index (κ1) is 17.9. The van der Waals surface area contributed by atoms with Crippen LogP contribution in [0.1, 0.15) is 72.6 Å². The van der Waals surface area contributed by atoms with Gasteiger partial charge in [-0.15, -0.1) is 0 Å². The second-order valence-electron chi connectivity index (χ2n) is 4.97. The number of ether oxygens (including phenoxy) is 1. The van der Waals surface area contributed by atoms with Gasteiger partial charge in [0.1, 0.15) is 0 Å². The van der Waals surface area contributed by atoms with Gasteiger partial charge in [0.15, 0.2) is 0 Å². The van der Waals surface area contributed by atoms with E-state index in [4.69, 9.17) is 4.74 Å². The fraction of sp³-hybridized carbons (Fsp3) is 1.00. The van der Waals surface area contributed by atoms with Gasteiger partial charge in [-0.1, -0.05) is 47.0 Å². The molecule has 0 aromatic heterocycles. The molecule has 0 atom stereocenters. The second kappa shape index (κ2) is 13.4. The van der Waals surface area contributed by atoms with E-state index >= 15 is 0 Å². The predicted molar refractivity (Wildman–Crippen MR) is 81.2 cm³/mol. The van der Waals surface area contributed by atoms with Crippen LogP contribution >= 0.6 is 0 Å². The Hall–Kier alpha value is -0.0800. The van der Waals surface area contributed by atoms with Gasteiger partial charge in [-0.3, -0.25) is 0 Å². The van der Waals surface area contributed by atoms with E-state index in [-0.39, 0.29) is 0 Å². The monoisotopic (exact) mass is 257 g/mol. The van der Waals surface area contributed by atoms with Crippen LogP contribution in [0.5, 0.6) is 0 Å². The molecule has 0 aromatic carbocycles. The molecule has 1 aliphatic rings. The number of unbranched alkanes of at least 4 members (excludes halogenated alkanes) is 3. The van der Waals surface area contributed by atoms with Crippen molar-refractivity contribution in [1.29, 1.82) is 0 Å². The molecule has 0 N–H and O–H groups in total. The first-order valence-corrected chi connectivity index (χ1v) is 8.20. The van der Waals surface area contributed by atoms with Gasteiger partial charge < -0.3 is 9.64 Å². The lowest BCUT2D eigenvalue weighted by Crippen LogP contribution is -2.37. The first-order chi connectivity index (χ1) is 8.86. The van der Waals surface area contributed by atoms with Gasteiger partial charge in [-0.2, -0.15) is 0 Å². The average molecular weight is 257 g/mol. The highest BCUT2D eigenvalue weighted by Crippen LogP contribution is 2.14. The molecule has 1 rings (SSSR count). The molecular weight excluding hydrogens is 222 g/mol. The molecule has 1 saturated heterocycles. The lowest BCUT2D eigenvalue weighted by molar-refractivity contribution is 0.00614. The first-order valence-electron chi connectivity index (χ1n) is 8.20. The molecule has 1 aliphatic heterocycles. The predicted octanol–water partition coefficient (Wildman–Crippen LogP) is 4.48. The molecule has 1 heterocycles. The summed E-state index contributed by atoms with van der Waals surface area (Å²) in [6.45, 7) is 13.3. The number of likely N-dealkylation sites (tertiary alicyclic amines) is 1. The average Bonchev–Trinajstić information content (AvgIpc) is 2.43. The molecule has 0 radical (unpaired) electrons. The maximum Gasteiger partial charge on any atom is 0.0599 e. The van der Waals surface area contributed by atoms with E-state index in [0.717, 1.165) is 6.61 Å². The fourth-order valence-corrected chi connectivity index (χ4v) is 2.28. The van der Waals surface area contributed by atoms with E-state index in [1.54, 1.807) is 0 Å². The van der Waals surface area contributed by atoms with Crippen molar-refractivity contribution in [3.05, 3.63) is 0 Å². The zero-order valence-corrected chi connectivity index (χ0v) is 13.2. The van der Waals surface area contributed by atoms with Crippen molar-refractivity contribution >= 4 is 0 Å². The Morgan fingerprint density at radius 1 is 0.944 bits per heavy atom. The molecule has 0 spiro atoms. The maximum atomic E-state index is 5.87. The summed E-state index contributed by atoms with van der Waals surface area (Å²) in [5.74, 6) is 0. The van der Waals surface area contributed by atoms with E-state index in [1.807, 2.05) is 13.8 Å². The molecule has 1 fully saturated rings. The van der Waals surface area contributed by atoms with Crippen molar-refractivity contribution in [2.24, 2.45) is 0 Å². The van der Waals surface area contributed by atoms with Crippen molar-refractivity contribution in [2.45, 2.75) is 78.7 Å². The fourth-order valence-electron chi connectivity index (χ4n) is 2.28. The standard InChI is InChI=1S/C14H29NO.C2H6/c1-3-5-7-10-15-11-8-14(9-12-15)16-13-6-4-2;1-2/h14H,3-13H2,1-2H3;1-2H3. The van der Waals surface area contributed by atoms with Crippen molar-refractivity contribution < 1.29 is 4.74 Å². The van der Waals surface area contributed by atoms with Crippen LogP contribution in [0.3, 0.4) is 0 Å². The molecule has 18 heavy (non-hydrogen) atoms. The molecule has 0 saturated carbocycles. The number of hydrogen-bond donors (Lipinski definition) is 0. The molecular formula is C16H35NO. The minimum absolute atomic E-state index is 0.550. The summed E-state index contributed by atoms with van der Waals surface area (Å²) in [5, 5.41) is 0. The number of rotatable bonds is 8. The van der Waals surface area contributed by atoms with Crippen LogP contribution in [0, 0.1) is 0 Å². The summed E-state index contributed by atoms with van der Waals surface area (Å²) in [5.41, 5.74) is 0. The third-order valence-corrected chi connectivity index (χ3v) is 3.46. The summed E-state index contributed by atoms with van der Waals surface area (Å²) in [6, 6.07) is 0. The van der Waals surface area contributed by atoms with Gasteiger partial charge >= 0.3 is 0 Å². The Kier molecular flexibility index (Phi) is 13.3. The smallest absolute Gasteiger partial charge is 0.0599 e. The van der Waals surface area contributed by atoms with Gasteiger partial charge in [0.05, 0.1) is 6.10 Å². The van der Waals surface area contributed by atoms with E-state index in [1.165, 1.54) is 64.6 Å². The topological polar surface area (TPSA) is 12.5 Å². The summed E-state index contributed by atoms with van der Waals surface area (Å²) < 4.78 is 5.87. The Labute approximate surface area is 115 Å². The van der Waals surface area contributed by atoms with Crippen LogP contribution < -0.4 is 0 Å². The summed E-state index contributed by atoms with van der Waals surface area (Å²) >= 11 is 0. The number of piperidine rings is 1. The van der Waals surface area contributed by atoms with Crippen molar-refractivity contribution in [3.63, 3.8) is 0 Å². The van der Waals surface area contributed by atoms with E-state index < -0.39 is 0 Å². The lowest BCUT2D eigenvalue weighted by atomic mass is 10.1. The highest BCUT2D eigenvalue weighted by Gasteiger charge is 2.18. The van der Waals surface area contributed by atoms with Crippen LogP contribution in [0.2, 0.25) is 0 Å². The van der Waals surface area contributed by atoms with E-state index in [9.17, 15) is 0 Å². The van der Waals surface area contributed by atoms with Crippen LogP contribution in [0.4, 0.5) is 0 Å². The van der Waals surface area contributed by atoms with Crippen LogP contribution in [0.15, 0.2) is 0 Å². The molecule has 0 amide bonds. The van der Waals surface area contributed by atoms with Crippen molar-refractivity contribution in [1.82, 2.24) is 4.90 Å². The normalized spacial score (nSPS) is 17.3. The van der Waals surface area contributed by atoms with Gasteiger partial charge in [-0.25, -0.2) is 0 Å². The summed E-state index contributed by atoms with van der Waals surface area (Å²) in [7, 11) is 0. The molecule has 110 valence electrons. The summed E-state index contributed by atoms with van der Waals surface area (Å²) in [4.78, 5) is 2.61. The maximum absolute atomic E-state index is 5.87. The van der Waals surface area contributed by atoms with Gasteiger partial charge in [-0.05, 0) is 32.2 Å². The van der Waals surface area contributed by atoms with Crippen LogP contribution in [-0.2, 0) is 4.74 Å². The highest BCUT2D eigenvalue weighted by atomic mass is 16.5. The third kappa shape index (κ3) is 8.93. The Bertz CT molecular complexity index is 135. The lowest BCUT2D eigenvalue weighted by Gasteiger charge is -2.31. The van der Waals surface area contributed by atoms with Gasteiger partial charge in [0, 0.05) is 19.7 Å². The van der Waals surface area contributed by atoms with Gasteiger partial charge in [0.25, 0.3) is 0 Å². The molecule has 0 unspecified atom stereocenters. The largest absolute Gasteiger partial charge is 0.378 e. The van der Waals surface area contributed by atoms with Crippen LogP contribution in [0.25, 0.3) is 0 Å². The summed E-state index contributed by atoms with van der Waals surface area (Å²) in [6.07, 6.45) is 9.59. The van der Waals surface area contributed by atoms with Gasteiger partial charge in [0.2, 0.25) is 0 Å². The molecule has 0 aromatic rings. The van der Waals surface area contributed by atoms with Crippen LogP contribution in [-0.4, -0.2) is 37.2 Å². The molecule has 0 bridgehead atoms.